The number of anilines is 1. The van der Waals surface area contributed by atoms with Gasteiger partial charge in [0.05, 0.1) is 13.4 Å². The van der Waals surface area contributed by atoms with Gasteiger partial charge < -0.3 is 5.32 Å². The first-order valence-electron chi connectivity index (χ1n) is 7.14. The average Bonchev–Trinajstić information content (AvgIpc) is 2.37. The van der Waals surface area contributed by atoms with E-state index in [1.54, 1.807) is 6.07 Å². The Morgan fingerprint density at radius 3 is 2.55 bits per heavy atom. The number of halogens is 3. The number of hydrogen-bond donors (Lipinski definition) is 1. The smallest absolute Gasteiger partial charge is 0.382 e. The van der Waals surface area contributed by atoms with E-state index in [1.807, 2.05) is 0 Å². The van der Waals surface area contributed by atoms with Gasteiger partial charge in [0.1, 0.15) is 0 Å². The van der Waals surface area contributed by atoms with Gasteiger partial charge in [0.15, 0.2) is 0 Å². The molecule has 1 N–H and O–H groups in total. The Bertz CT molecular complexity index is 433. The van der Waals surface area contributed by atoms with Crippen molar-refractivity contribution in [2.24, 2.45) is 0 Å². The molecule has 1 aliphatic rings. The van der Waals surface area contributed by atoms with E-state index in [4.69, 9.17) is 7.85 Å². The fraction of sp³-hybridized carbons (Fsp3) is 0.600. The predicted octanol–water partition coefficient (Wildman–Crippen LogP) is 4.80. The van der Waals surface area contributed by atoms with E-state index < -0.39 is 11.7 Å². The second-order valence-corrected chi connectivity index (χ2v) is 5.54. The van der Waals surface area contributed by atoms with Gasteiger partial charge >= 0.3 is 6.18 Å². The Labute approximate surface area is 119 Å². The highest BCUT2D eigenvalue weighted by Crippen LogP contribution is 2.31. The van der Waals surface area contributed by atoms with Crippen molar-refractivity contribution in [2.75, 3.05) is 5.32 Å². The normalized spacial score (nSPS) is 24.8. The van der Waals surface area contributed by atoms with Crippen LogP contribution in [0.25, 0.3) is 0 Å². The molecule has 1 nitrogen and oxygen atoms in total. The highest BCUT2D eigenvalue weighted by Gasteiger charge is 2.30. The summed E-state index contributed by atoms with van der Waals surface area (Å²) in [5.41, 5.74) is -0.0657. The van der Waals surface area contributed by atoms with Crippen molar-refractivity contribution in [1.82, 2.24) is 0 Å². The molecular formula is C15H19BF3N. The van der Waals surface area contributed by atoms with Gasteiger partial charge in [-0.2, -0.15) is 13.2 Å². The first-order chi connectivity index (χ1) is 9.45. The van der Waals surface area contributed by atoms with Crippen LogP contribution in [0.15, 0.2) is 24.3 Å². The maximum Gasteiger partial charge on any atom is 0.416 e. The van der Waals surface area contributed by atoms with Crippen LogP contribution in [0, 0.1) is 0 Å². The van der Waals surface area contributed by atoms with Crippen molar-refractivity contribution in [2.45, 2.75) is 56.6 Å². The van der Waals surface area contributed by atoms with E-state index in [1.165, 1.54) is 12.1 Å². The van der Waals surface area contributed by atoms with Crippen LogP contribution in [-0.4, -0.2) is 13.9 Å². The number of nitrogens with one attached hydrogen (secondary N) is 1. The molecular weight excluding hydrogens is 262 g/mol. The van der Waals surface area contributed by atoms with Crippen LogP contribution in [0.5, 0.6) is 0 Å². The largest absolute Gasteiger partial charge is 0.416 e. The Kier molecular flexibility index (Phi) is 5.00. The Balaban J connectivity index is 2.01. The summed E-state index contributed by atoms with van der Waals surface area (Å²) >= 11 is 0. The van der Waals surface area contributed by atoms with Crippen LogP contribution in [0.4, 0.5) is 18.9 Å². The van der Waals surface area contributed by atoms with E-state index in [9.17, 15) is 13.2 Å². The molecule has 0 amide bonds. The Morgan fingerprint density at radius 1 is 1.05 bits per heavy atom. The SMILES string of the molecule is [B]C1CCCCC(Nc2cccc(C(F)(F)F)c2)CC1. The fourth-order valence-electron chi connectivity index (χ4n) is 2.67. The molecule has 108 valence electrons. The van der Waals surface area contributed by atoms with E-state index in [-0.39, 0.29) is 11.9 Å². The molecule has 0 saturated heterocycles. The number of rotatable bonds is 2. The summed E-state index contributed by atoms with van der Waals surface area (Å²) in [4.78, 5) is 0. The minimum atomic E-state index is -4.29. The summed E-state index contributed by atoms with van der Waals surface area (Å²) in [6.07, 6.45) is 1.76. The third-order valence-electron chi connectivity index (χ3n) is 3.82. The molecule has 2 rings (SSSR count). The van der Waals surface area contributed by atoms with Crippen LogP contribution in [-0.2, 0) is 6.18 Å². The highest BCUT2D eigenvalue weighted by molar-refractivity contribution is 6.11. The van der Waals surface area contributed by atoms with Crippen molar-refractivity contribution < 1.29 is 13.2 Å². The number of alkyl halides is 3. The van der Waals surface area contributed by atoms with Gasteiger partial charge in [0.2, 0.25) is 0 Å². The lowest BCUT2D eigenvalue weighted by Crippen LogP contribution is -2.22. The molecule has 2 radical (unpaired) electrons. The number of hydrogen-bond acceptors (Lipinski definition) is 1. The lowest BCUT2D eigenvalue weighted by atomic mass is 9.76. The molecule has 0 spiro atoms. The third-order valence-corrected chi connectivity index (χ3v) is 3.82. The quantitative estimate of drug-likeness (QED) is 0.768. The zero-order valence-electron chi connectivity index (χ0n) is 11.4. The first-order valence-corrected chi connectivity index (χ1v) is 7.14. The van der Waals surface area contributed by atoms with E-state index in [0.717, 1.165) is 44.6 Å². The second-order valence-electron chi connectivity index (χ2n) is 5.54. The zero-order valence-corrected chi connectivity index (χ0v) is 11.4. The maximum atomic E-state index is 12.7. The molecule has 1 aliphatic carbocycles. The summed E-state index contributed by atoms with van der Waals surface area (Å²) in [6, 6.07) is 5.62. The monoisotopic (exact) mass is 281 g/mol. The molecule has 1 saturated carbocycles. The van der Waals surface area contributed by atoms with Crippen molar-refractivity contribution >= 4 is 13.5 Å². The number of benzene rings is 1. The van der Waals surface area contributed by atoms with Crippen molar-refractivity contribution in [3.05, 3.63) is 29.8 Å². The molecule has 20 heavy (non-hydrogen) atoms. The maximum absolute atomic E-state index is 12.7. The van der Waals surface area contributed by atoms with Crippen LogP contribution in [0.2, 0.25) is 5.82 Å². The van der Waals surface area contributed by atoms with Gasteiger partial charge in [0.25, 0.3) is 0 Å². The standard InChI is InChI=1S/C15H19BF3N/c16-12-5-1-2-6-13(9-8-12)20-14-7-3-4-11(10-14)15(17,18)19/h3-4,7,10,12-13,20H,1-2,5-6,8-9H2. The fourth-order valence-corrected chi connectivity index (χ4v) is 2.67. The predicted molar refractivity (Wildman–Crippen MR) is 76.1 cm³/mol. The summed E-state index contributed by atoms with van der Waals surface area (Å²) in [6.45, 7) is 0. The minimum absolute atomic E-state index is 0.213. The summed E-state index contributed by atoms with van der Waals surface area (Å²) in [5.74, 6) is 0.223. The molecule has 2 atom stereocenters. The lowest BCUT2D eigenvalue weighted by Gasteiger charge is -2.25. The molecule has 0 aliphatic heterocycles. The van der Waals surface area contributed by atoms with Crippen molar-refractivity contribution in [1.29, 1.82) is 0 Å². The molecule has 0 aromatic heterocycles. The molecule has 0 heterocycles. The van der Waals surface area contributed by atoms with Gasteiger partial charge in [-0.3, -0.25) is 0 Å². The molecule has 1 fully saturated rings. The molecule has 1 aromatic rings. The van der Waals surface area contributed by atoms with Crippen LogP contribution >= 0.6 is 0 Å². The lowest BCUT2D eigenvalue weighted by molar-refractivity contribution is -0.137. The highest BCUT2D eigenvalue weighted by atomic mass is 19.4. The molecule has 0 bridgehead atoms. The molecule has 1 aromatic carbocycles. The van der Waals surface area contributed by atoms with Crippen molar-refractivity contribution in [3.8, 4) is 0 Å². The summed E-state index contributed by atoms with van der Waals surface area (Å²) in [5, 5.41) is 3.23. The first kappa shape index (κ1) is 15.3. The van der Waals surface area contributed by atoms with E-state index in [0.29, 0.717) is 5.69 Å². The molecule has 5 heteroatoms. The van der Waals surface area contributed by atoms with Gasteiger partial charge in [-0.15, -0.1) is 0 Å². The Hall–Kier alpha value is -1.13. The Morgan fingerprint density at radius 2 is 1.80 bits per heavy atom. The van der Waals surface area contributed by atoms with Crippen LogP contribution in [0.3, 0.4) is 0 Å². The topological polar surface area (TPSA) is 12.0 Å². The van der Waals surface area contributed by atoms with Gasteiger partial charge in [-0.25, -0.2) is 0 Å². The zero-order chi connectivity index (χ0) is 14.6. The van der Waals surface area contributed by atoms with Gasteiger partial charge in [0, 0.05) is 11.7 Å². The van der Waals surface area contributed by atoms with Crippen molar-refractivity contribution in [3.63, 3.8) is 0 Å². The minimum Gasteiger partial charge on any atom is -0.382 e. The summed E-state index contributed by atoms with van der Waals surface area (Å²) in [7, 11) is 5.96. The summed E-state index contributed by atoms with van der Waals surface area (Å²) < 4.78 is 38.0. The third kappa shape index (κ3) is 4.46. The van der Waals surface area contributed by atoms with Crippen LogP contribution < -0.4 is 5.32 Å². The van der Waals surface area contributed by atoms with Gasteiger partial charge in [-0.05, 0) is 31.0 Å². The van der Waals surface area contributed by atoms with E-state index in [2.05, 4.69) is 5.32 Å². The average molecular weight is 281 g/mol. The van der Waals surface area contributed by atoms with Gasteiger partial charge in [-0.1, -0.05) is 37.6 Å². The van der Waals surface area contributed by atoms with Crippen LogP contribution in [0.1, 0.15) is 44.1 Å². The van der Waals surface area contributed by atoms with E-state index >= 15 is 0 Å². The second kappa shape index (κ2) is 6.55. The molecule has 2 unspecified atom stereocenters.